The van der Waals surface area contributed by atoms with E-state index in [0.29, 0.717) is 15.8 Å². The number of carbonyl (C=O) groups is 1. The summed E-state index contributed by atoms with van der Waals surface area (Å²) in [4.78, 5) is 16.4. The van der Waals surface area contributed by atoms with Crippen molar-refractivity contribution in [2.24, 2.45) is 0 Å². The Labute approximate surface area is 183 Å². The van der Waals surface area contributed by atoms with Crippen LogP contribution >= 0.6 is 22.9 Å². The summed E-state index contributed by atoms with van der Waals surface area (Å²) in [6.07, 6.45) is 3.34. The highest BCUT2D eigenvalue weighted by atomic mass is 35.5. The first-order valence-corrected chi connectivity index (χ1v) is 11.2. The lowest BCUT2D eigenvalue weighted by Crippen LogP contribution is -2.18. The Hall–Kier alpha value is -2.88. The van der Waals surface area contributed by atoms with Crippen molar-refractivity contribution in [3.05, 3.63) is 71.3 Å². The summed E-state index contributed by atoms with van der Waals surface area (Å²) in [5.41, 5.74) is 1.36. The molecule has 0 spiro atoms. The van der Waals surface area contributed by atoms with Crippen molar-refractivity contribution in [1.82, 2.24) is 9.55 Å². The van der Waals surface area contributed by atoms with E-state index < -0.39 is 10.0 Å². The predicted molar refractivity (Wildman–Crippen MR) is 122 cm³/mol. The third-order valence-corrected chi connectivity index (χ3v) is 6.56. The highest BCUT2D eigenvalue weighted by Gasteiger charge is 2.15. The molecule has 4 aromatic rings. The fourth-order valence-electron chi connectivity index (χ4n) is 2.82. The van der Waals surface area contributed by atoms with Crippen LogP contribution in [0.25, 0.3) is 10.9 Å². The van der Waals surface area contributed by atoms with E-state index in [1.807, 2.05) is 18.3 Å². The molecule has 0 aliphatic rings. The quantitative estimate of drug-likeness (QED) is 0.429. The van der Waals surface area contributed by atoms with Gasteiger partial charge in [0.2, 0.25) is 5.91 Å². The van der Waals surface area contributed by atoms with Crippen LogP contribution < -0.4 is 10.0 Å². The molecule has 2 heterocycles. The zero-order chi connectivity index (χ0) is 20.4. The van der Waals surface area contributed by atoms with Crippen LogP contribution in [0.4, 0.5) is 10.8 Å². The molecule has 0 unspecified atom stereocenters. The average Bonchev–Trinajstić information content (AvgIpc) is 3.32. The number of nitrogens with zero attached hydrogens (tertiary/aromatic N) is 2. The number of benzene rings is 2. The lowest BCUT2D eigenvalue weighted by molar-refractivity contribution is -0.116. The maximum atomic E-state index is 12.4. The van der Waals surface area contributed by atoms with Crippen molar-refractivity contribution < 1.29 is 13.2 Å². The van der Waals surface area contributed by atoms with Gasteiger partial charge in [-0.1, -0.05) is 25.1 Å². The summed E-state index contributed by atoms with van der Waals surface area (Å²) >= 11 is 7.23. The highest BCUT2D eigenvalue weighted by molar-refractivity contribution is 7.93. The van der Waals surface area contributed by atoms with Gasteiger partial charge >= 0.3 is 0 Å². The summed E-state index contributed by atoms with van der Waals surface area (Å²) in [6.45, 7) is 0.107. The van der Waals surface area contributed by atoms with Crippen LogP contribution in [0.3, 0.4) is 0 Å². The second-order valence-electron chi connectivity index (χ2n) is 6.16. The number of hydrogen-bond acceptors (Lipinski definition) is 5. The first-order chi connectivity index (χ1) is 13.9. The van der Waals surface area contributed by atoms with Crippen LogP contribution in [-0.4, -0.2) is 23.9 Å². The molecule has 10 heteroatoms. The zero-order valence-electron chi connectivity index (χ0n) is 14.9. The maximum absolute atomic E-state index is 12.4. The van der Waals surface area contributed by atoms with Crippen molar-refractivity contribution >= 4 is 60.6 Å². The Morgan fingerprint density at radius 1 is 1.13 bits per heavy atom. The number of hydrogen-bond donors (Lipinski definition) is 2. The van der Waals surface area contributed by atoms with Crippen LogP contribution in [0.5, 0.6) is 0 Å². The lowest BCUT2D eigenvalue weighted by Gasteiger charge is -2.09. The highest BCUT2D eigenvalue weighted by Crippen LogP contribution is 2.22. The Morgan fingerprint density at radius 2 is 1.90 bits per heavy atom. The Kier molecular flexibility index (Phi) is 6.45. The number of nitrogens with one attached hydrogen (secondary N) is 2. The molecule has 0 atom stereocenters. The average molecular weight is 463 g/mol. The van der Waals surface area contributed by atoms with Gasteiger partial charge in [-0.2, -0.15) is 0 Å². The van der Waals surface area contributed by atoms with Crippen molar-refractivity contribution in [2.75, 3.05) is 10.0 Å². The van der Waals surface area contributed by atoms with E-state index in [0.717, 1.165) is 10.9 Å². The van der Waals surface area contributed by atoms with E-state index in [1.165, 1.54) is 29.7 Å². The van der Waals surface area contributed by atoms with Crippen LogP contribution in [0.15, 0.2) is 71.2 Å². The summed E-state index contributed by atoms with van der Waals surface area (Å²) in [7, 11) is -3.73. The number of halogens is 1. The van der Waals surface area contributed by atoms with E-state index in [-0.39, 0.29) is 24.8 Å². The van der Waals surface area contributed by atoms with Gasteiger partial charge in [0, 0.05) is 34.0 Å². The first-order valence-electron chi connectivity index (χ1n) is 8.47. The van der Waals surface area contributed by atoms with Crippen molar-refractivity contribution in [2.45, 2.75) is 18.9 Å². The van der Waals surface area contributed by atoms with Crippen LogP contribution in [0.2, 0.25) is 5.02 Å². The summed E-state index contributed by atoms with van der Waals surface area (Å²) in [5, 5.41) is 6.33. The predicted octanol–water partition coefficient (Wildman–Crippen LogP) is 4.83. The Bertz CT molecular complexity index is 1270. The molecule has 2 aromatic heterocycles. The van der Waals surface area contributed by atoms with E-state index in [4.69, 9.17) is 11.6 Å². The summed E-state index contributed by atoms with van der Waals surface area (Å²) in [5.74, 6) is -0.237. The topological polar surface area (TPSA) is 93.1 Å². The lowest BCUT2D eigenvalue weighted by atomic mass is 10.2. The smallest absolute Gasteiger partial charge is 0.263 e. The third kappa shape index (κ3) is 4.81. The molecule has 2 N–H and O–H groups in total. The van der Waals surface area contributed by atoms with Crippen LogP contribution in [-0.2, 0) is 21.4 Å². The molecule has 0 aliphatic heterocycles. The van der Waals surface area contributed by atoms with Crippen molar-refractivity contribution in [3.8, 4) is 0 Å². The molecular weight excluding hydrogens is 444 g/mol. The van der Waals surface area contributed by atoms with Gasteiger partial charge in [-0.25, -0.2) is 13.4 Å². The maximum Gasteiger partial charge on any atom is 0.263 e. The fourth-order valence-corrected chi connectivity index (χ4v) is 4.77. The number of carbonyl (C=O) groups excluding carboxylic acids is 1. The normalized spacial score (nSPS) is 11.1. The van der Waals surface area contributed by atoms with Crippen LogP contribution in [0.1, 0.15) is 7.43 Å². The van der Waals surface area contributed by atoms with Gasteiger partial charge < -0.3 is 9.88 Å². The largest absolute Gasteiger partial charge is 0.338 e. The van der Waals surface area contributed by atoms with E-state index in [9.17, 15) is 13.2 Å². The number of sulfonamides is 1. The molecule has 0 bridgehead atoms. The standard InChI is InChI=1S/C19H15ClN4O3S2.CH4/c20-14-2-1-13-7-9-24(17(13)11-14)12-18(25)22-15-3-5-16(6-4-15)29(26,27)23-19-21-8-10-28-19;/h1-11H,12H2,(H,21,23)(H,22,25);1H4. The summed E-state index contributed by atoms with van der Waals surface area (Å²) < 4.78 is 28.9. The van der Waals surface area contributed by atoms with E-state index in [1.54, 1.807) is 34.2 Å². The molecule has 30 heavy (non-hydrogen) atoms. The molecule has 7 nitrogen and oxygen atoms in total. The summed E-state index contributed by atoms with van der Waals surface area (Å²) in [6, 6.07) is 13.3. The Balaban J connectivity index is 0.00000256. The van der Waals surface area contributed by atoms with Gasteiger partial charge in [0.1, 0.15) is 6.54 Å². The van der Waals surface area contributed by atoms with E-state index >= 15 is 0 Å². The van der Waals surface area contributed by atoms with Gasteiger partial charge in [0.25, 0.3) is 10.0 Å². The van der Waals surface area contributed by atoms with Crippen LogP contribution in [0, 0.1) is 0 Å². The molecule has 156 valence electrons. The monoisotopic (exact) mass is 462 g/mol. The van der Waals surface area contributed by atoms with Crippen molar-refractivity contribution in [1.29, 1.82) is 0 Å². The second-order valence-corrected chi connectivity index (χ2v) is 9.18. The molecule has 0 radical (unpaired) electrons. The Morgan fingerprint density at radius 3 is 2.60 bits per heavy atom. The third-order valence-electron chi connectivity index (χ3n) is 4.15. The minimum Gasteiger partial charge on any atom is -0.338 e. The SMILES string of the molecule is C.O=C(Cn1ccc2ccc(Cl)cc21)Nc1ccc(S(=O)(=O)Nc2nccs2)cc1. The molecular formula is C20H19ClN4O3S2. The molecule has 2 aromatic carbocycles. The molecule has 1 amide bonds. The van der Waals surface area contributed by atoms with Gasteiger partial charge in [0.05, 0.1) is 4.90 Å². The number of amides is 1. The van der Waals surface area contributed by atoms with Gasteiger partial charge in [-0.15, -0.1) is 11.3 Å². The second kappa shape index (κ2) is 8.86. The molecule has 4 rings (SSSR count). The first kappa shape index (κ1) is 21.8. The number of fused-ring (bicyclic) bond motifs is 1. The van der Waals surface area contributed by atoms with Gasteiger partial charge in [-0.3, -0.25) is 9.52 Å². The molecule has 0 aliphatic carbocycles. The van der Waals surface area contributed by atoms with E-state index in [2.05, 4.69) is 15.0 Å². The number of aromatic nitrogens is 2. The zero-order valence-corrected chi connectivity index (χ0v) is 17.3. The minimum atomic E-state index is -3.73. The van der Waals surface area contributed by atoms with Crippen molar-refractivity contribution in [3.63, 3.8) is 0 Å². The number of rotatable bonds is 6. The number of anilines is 2. The minimum absolute atomic E-state index is 0. The van der Waals surface area contributed by atoms with Gasteiger partial charge in [-0.05, 0) is 47.9 Å². The van der Waals surface area contributed by atoms with Gasteiger partial charge in [0.15, 0.2) is 5.13 Å². The fraction of sp³-hybridized carbons (Fsp3) is 0.100. The molecule has 0 fully saturated rings. The molecule has 0 saturated heterocycles. The molecule has 0 saturated carbocycles. The number of thiazole rings is 1.